The van der Waals surface area contributed by atoms with E-state index in [4.69, 9.17) is 0 Å². The maximum Gasteiger partial charge on any atom is 0.0351 e. The zero-order chi connectivity index (χ0) is 7.41. The van der Waals surface area contributed by atoms with Crippen LogP contribution in [-0.2, 0) is 4.74 Å². The first-order chi connectivity index (χ1) is 3.83. The van der Waals surface area contributed by atoms with E-state index in [9.17, 15) is 0 Å². The summed E-state index contributed by atoms with van der Waals surface area (Å²) in [7, 11) is 3.25. The maximum absolute atomic E-state index is 4.25. The summed E-state index contributed by atoms with van der Waals surface area (Å²) in [6, 6.07) is 0. The predicted molar refractivity (Wildman–Crippen MR) is 40.2 cm³/mol. The first-order valence-corrected chi connectivity index (χ1v) is 3.23. The van der Waals surface area contributed by atoms with Gasteiger partial charge < -0.3 is 4.74 Å². The average Bonchev–Trinajstić information content (AvgIpc) is 1.75. The summed E-state index contributed by atoms with van der Waals surface area (Å²) in [5, 5.41) is 0. The van der Waals surface area contributed by atoms with Crippen molar-refractivity contribution in [2.45, 2.75) is 34.1 Å². The van der Waals surface area contributed by atoms with Gasteiger partial charge in [-0.05, 0) is 0 Å². The van der Waals surface area contributed by atoms with Gasteiger partial charge in [0.1, 0.15) is 0 Å². The second kappa shape index (κ2) is 64.4. The van der Waals surface area contributed by atoms with Gasteiger partial charge in [0.25, 0.3) is 0 Å². The molecule has 1 nitrogen and oxygen atoms in total. The fourth-order valence-corrected chi connectivity index (χ4v) is 0. The molecule has 0 amide bonds. The lowest BCUT2D eigenvalue weighted by atomic mass is 10.6. The first kappa shape index (κ1) is 15.7. The molecule has 0 saturated heterocycles. The van der Waals surface area contributed by atoms with Crippen molar-refractivity contribution in [1.29, 1.82) is 0 Å². The van der Waals surface area contributed by atoms with E-state index >= 15 is 0 Å². The Bertz CT molecular complexity index is 6.35. The molecule has 0 aromatic heterocycles. The molecule has 0 fully saturated rings. The molecule has 0 aromatic rings. The van der Waals surface area contributed by atoms with E-state index in [1.165, 1.54) is 6.42 Å². The van der Waals surface area contributed by atoms with Gasteiger partial charge >= 0.3 is 0 Å². The van der Waals surface area contributed by atoms with E-state index in [1.807, 2.05) is 13.8 Å². The lowest BCUT2D eigenvalue weighted by Gasteiger charge is -1.61. The van der Waals surface area contributed by atoms with Crippen molar-refractivity contribution < 1.29 is 4.74 Å². The lowest BCUT2D eigenvalue weighted by molar-refractivity contribution is 0.277. The van der Waals surface area contributed by atoms with E-state index in [0.717, 1.165) is 0 Å². The summed E-state index contributed by atoms with van der Waals surface area (Å²) in [6.07, 6.45) is 1.25. The largest absolute Gasteiger partial charge is 0.388 e. The zero-order valence-electron chi connectivity index (χ0n) is 7.12. The monoisotopic (exact) mass is 120 g/mol. The molecule has 0 aliphatic rings. The fourth-order valence-electron chi connectivity index (χ4n) is 0. The normalized spacial score (nSPS) is 5.25. The van der Waals surface area contributed by atoms with Crippen LogP contribution in [0.1, 0.15) is 34.1 Å². The van der Waals surface area contributed by atoms with E-state index < -0.39 is 0 Å². The van der Waals surface area contributed by atoms with Crippen LogP contribution in [0.2, 0.25) is 0 Å². The van der Waals surface area contributed by atoms with Crippen LogP contribution in [0.5, 0.6) is 0 Å². The second-order valence-corrected chi connectivity index (χ2v) is 1.12. The van der Waals surface area contributed by atoms with Gasteiger partial charge in [0, 0.05) is 14.2 Å². The molecule has 0 aromatic carbocycles. The van der Waals surface area contributed by atoms with Crippen LogP contribution in [0.3, 0.4) is 0 Å². The van der Waals surface area contributed by atoms with E-state index in [0.29, 0.717) is 0 Å². The van der Waals surface area contributed by atoms with Gasteiger partial charge in [-0.15, -0.1) is 0 Å². The Morgan fingerprint density at radius 3 is 1.00 bits per heavy atom. The van der Waals surface area contributed by atoms with Crippen LogP contribution in [0, 0.1) is 0 Å². The van der Waals surface area contributed by atoms with Crippen LogP contribution < -0.4 is 0 Å². The van der Waals surface area contributed by atoms with Gasteiger partial charge in [-0.25, -0.2) is 0 Å². The van der Waals surface area contributed by atoms with Crippen LogP contribution in [0.15, 0.2) is 0 Å². The molecule has 0 heterocycles. The van der Waals surface area contributed by atoms with Crippen molar-refractivity contribution >= 4 is 0 Å². The highest BCUT2D eigenvalue weighted by atomic mass is 16.4. The Labute approximate surface area is 54.1 Å². The lowest BCUT2D eigenvalue weighted by Crippen LogP contribution is -1.55. The topological polar surface area (TPSA) is 9.23 Å². The molecule has 0 atom stereocenters. The van der Waals surface area contributed by atoms with Gasteiger partial charge in [-0.3, -0.25) is 0 Å². The van der Waals surface area contributed by atoms with Gasteiger partial charge in [-0.1, -0.05) is 34.1 Å². The van der Waals surface area contributed by atoms with Gasteiger partial charge in [0.2, 0.25) is 0 Å². The number of hydrogen-bond acceptors (Lipinski definition) is 1. The summed E-state index contributed by atoms with van der Waals surface area (Å²) in [6.45, 7) is 8.25. The highest BCUT2D eigenvalue weighted by Gasteiger charge is 1.35. The molecule has 0 radical (unpaired) electrons. The Morgan fingerprint density at radius 2 is 1.00 bits per heavy atom. The molecule has 0 spiro atoms. The Kier molecular flexibility index (Phi) is 126. The van der Waals surface area contributed by atoms with Gasteiger partial charge in [-0.2, -0.15) is 0 Å². The van der Waals surface area contributed by atoms with E-state index in [1.54, 1.807) is 14.2 Å². The standard InChI is InChI=1S/C3H8.C2H6O.C2H6/c2*1-3-2;1-2/h3H2,1-2H3;1-2H3;1-2H3. The summed E-state index contributed by atoms with van der Waals surface area (Å²) in [5.74, 6) is 0. The molecular formula is C7H20O. The summed E-state index contributed by atoms with van der Waals surface area (Å²) in [5.41, 5.74) is 0. The smallest absolute Gasteiger partial charge is 0.0351 e. The molecule has 0 N–H and O–H groups in total. The van der Waals surface area contributed by atoms with Crippen LogP contribution in [0.4, 0.5) is 0 Å². The summed E-state index contributed by atoms with van der Waals surface area (Å²) in [4.78, 5) is 0. The predicted octanol–water partition coefficient (Wildman–Crippen LogP) is 2.71. The van der Waals surface area contributed by atoms with Crippen LogP contribution in [-0.4, -0.2) is 14.2 Å². The number of methoxy groups -OCH3 is 1. The Morgan fingerprint density at radius 1 is 1.00 bits per heavy atom. The SMILES string of the molecule is CC.CCC.COC. The second-order valence-electron chi connectivity index (χ2n) is 1.12. The third-order valence-electron chi connectivity index (χ3n) is 0. The summed E-state index contributed by atoms with van der Waals surface area (Å²) < 4.78 is 4.25. The molecule has 0 aliphatic heterocycles. The van der Waals surface area contributed by atoms with Gasteiger partial charge in [0.15, 0.2) is 0 Å². The number of rotatable bonds is 0. The van der Waals surface area contributed by atoms with E-state index in [2.05, 4.69) is 18.6 Å². The Hall–Kier alpha value is -0.0400. The highest BCUT2D eigenvalue weighted by Crippen LogP contribution is 1.56. The fraction of sp³-hybridized carbons (Fsp3) is 1.00. The Balaban J connectivity index is -0.0000000483. The molecule has 1 heteroatoms. The highest BCUT2D eigenvalue weighted by molar-refractivity contribution is 3.92. The first-order valence-electron chi connectivity index (χ1n) is 3.23. The van der Waals surface area contributed by atoms with Crippen molar-refractivity contribution in [3.05, 3.63) is 0 Å². The minimum Gasteiger partial charge on any atom is -0.388 e. The van der Waals surface area contributed by atoms with Crippen molar-refractivity contribution in [2.24, 2.45) is 0 Å². The van der Waals surface area contributed by atoms with Crippen molar-refractivity contribution in [2.75, 3.05) is 14.2 Å². The third-order valence-corrected chi connectivity index (χ3v) is 0. The maximum atomic E-state index is 4.25. The molecule has 8 heavy (non-hydrogen) atoms. The minimum atomic E-state index is 1.25. The quantitative estimate of drug-likeness (QED) is 0.477. The van der Waals surface area contributed by atoms with Crippen molar-refractivity contribution in [3.8, 4) is 0 Å². The average molecular weight is 120 g/mol. The van der Waals surface area contributed by atoms with Crippen molar-refractivity contribution in [1.82, 2.24) is 0 Å². The third kappa shape index (κ3) is 91600. The molecule has 0 saturated carbocycles. The van der Waals surface area contributed by atoms with Crippen molar-refractivity contribution in [3.63, 3.8) is 0 Å². The van der Waals surface area contributed by atoms with Gasteiger partial charge in [0.05, 0.1) is 0 Å². The zero-order valence-corrected chi connectivity index (χ0v) is 7.12. The minimum absolute atomic E-state index is 1.25. The van der Waals surface area contributed by atoms with Crippen LogP contribution in [0.25, 0.3) is 0 Å². The molecule has 0 unspecified atom stereocenters. The van der Waals surface area contributed by atoms with Crippen LogP contribution >= 0.6 is 0 Å². The molecule has 0 aliphatic carbocycles. The molecule has 0 rings (SSSR count). The van der Waals surface area contributed by atoms with E-state index in [-0.39, 0.29) is 0 Å². The number of ether oxygens (including phenoxy) is 1. The molecule has 54 valence electrons. The summed E-state index contributed by atoms with van der Waals surface area (Å²) >= 11 is 0. The molecule has 0 bridgehead atoms. The number of hydrogen-bond donors (Lipinski definition) is 0. The molecular weight excluding hydrogens is 100 g/mol.